The number of anilines is 5. The summed E-state index contributed by atoms with van der Waals surface area (Å²) in [6.45, 7) is 27.3. The molecule has 36 nitrogen and oxygen atoms in total. The summed E-state index contributed by atoms with van der Waals surface area (Å²) in [6.07, 6.45) is 4.93. The number of nitrogens with one attached hydrogen (secondary N) is 10. The zero-order valence-electron chi connectivity index (χ0n) is 74.2. The standard InChI is InChI=1S/C19H21N5O3.C19H21N5O2S.C18H18ClN5O2.C18H18FN5O2.C16H17N5O2S/c2*1-5-14-12(3)17(25)22-19(20-14)24-16(10-11(2)23-24)21-18(26)13-8-6-7-9-15(13)27-4;1-4-14-11(3)20-18(22-17(14)26)24-15(9-10(2)23-24)21-16(25)12-5-7-13(19)8-6-12;1-4-12-11(3)20-18(22-16(12)25)24-15(9-10(2)23-24)21-17(26)13-7-5-6-8-14(13)19;1-4-11-10(3)17-16(19-14(11)22)21-13(8-9(2)20-21)18-15(23)12-6-5-7-24-12/h2*6-10H,5H2,1-4H3,(H,21,26)(H,20,22,25);5-9H,4H2,1-3H3,(H,21,25)(H,20,22,26);5-9H,4H2,1-3H3,(H,21,26)(H,20,22,25);5-8H,4H2,1-3H3,(H,18,23)(H,17,19,22). The summed E-state index contributed by atoms with van der Waals surface area (Å²) in [7, 11) is 1.51. The first-order chi connectivity index (χ1) is 62.2. The van der Waals surface area contributed by atoms with Crippen molar-refractivity contribution >= 4 is 93.3 Å². The summed E-state index contributed by atoms with van der Waals surface area (Å²) in [4.78, 5) is 161. The van der Waals surface area contributed by atoms with Crippen molar-refractivity contribution in [1.82, 2.24) is 98.7 Å². The molecule has 11 heterocycles. The molecule has 0 aliphatic heterocycles. The van der Waals surface area contributed by atoms with E-state index in [9.17, 15) is 52.3 Å². The maximum atomic E-state index is 13.8. The molecule has 0 radical (unpaired) electrons. The second-order valence-corrected chi connectivity index (χ2v) is 31.3. The molecule has 0 unspecified atom stereocenters. The van der Waals surface area contributed by atoms with Gasteiger partial charge in [0.25, 0.3) is 57.3 Å². The van der Waals surface area contributed by atoms with Gasteiger partial charge in [0, 0.05) is 90.7 Å². The molecule has 0 fully saturated rings. The van der Waals surface area contributed by atoms with Crippen LogP contribution in [-0.2, 0) is 32.1 Å². The Morgan fingerprint density at radius 3 is 1.08 bits per heavy atom. The van der Waals surface area contributed by atoms with Gasteiger partial charge in [-0.2, -0.15) is 48.9 Å². The van der Waals surface area contributed by atoms with E-state index in [1.54, 1.807) is 152 Å². The highest BCUT2D eigenvalue weighted by Gasteiger charge is 2.25. The number of ether oxygens (including phenoxy) is 1. The number of carbonyl (C=O) groups is 5. The number of hydrogen-bond acceptors (Lipinski definition) is 23. The van der Waals surface area contributed by atoms with Gasteiger partial charge in [0.2, 0.25) is 29.7 Å². The highest BCUT2D eigenvalue weighted by atomic mass is 35.5. The van der Waals surface area contributed by atoms with Crippen LogP contribution in [0.15, 0.2) is 174 Å². The van der Waals surface area contributed by atoms with E-state index in [1.165, 1.54) is 71.8 Å². The maximum Gasteiger partial charge on any atom is 0.266 e. The topological polar surface area (TPSA) is 473 Å². The molecule has 5 amide bonds. The molecular weight excluding hydrogens is 1730 g/mol. The molecule has 15 aromatic rings. The molecule has 0 atom stereocenters. The van der Waals surface area contributed by atoms with Crippen LogP contribution in [-0.4, -0.2) is 142 Å². The van der Waals surface area contributed by atoms with Crippen LogP contribution in [0.2, 0.25) is 5.02 Å². The van der Waals surface area contributed by atoms with Gasteiger partial charge in [-0.3, -0.25) is 72.9 Å². The SMILES string of the molecule is CCc1c(C)nc(-n2nc(C)cc2NC(=O)c2ccc(Cl)cc2)[nH]c1=O.CCc1c(C)nc(-n2nc(C)cc2NC(=O)c2ccccc2F)[nH]c1=O.CCc1c(C)nc(-n2nc(C)cc2NC(=O)c2cccs2)[nH]c1=O.CCc1nc(-n2nc(C)cc2NC(=O)c2ccccc2OC)[nH]c(=O)c1C.CCc1nc(-n2nc(C)cc2NC(=O)c2ccccc2SC)[nH]c(=O)c1C. The molecule has 0 saturated carbocycles. The van der Waals surface area contributed by atoms with E-state index in [2.05, 4.69) is 102 Å². The fraction of sp³-hybridized carbons (Fsp3) is 0.244. The van der Waals surface area contributed by atoms with Gasteiger partial charge in [-0.25, -0.2) is 29.3 Å². The fourth-order valence-corrected chi connectivity index (χ4v) is 14.7. The molecule has 4 aromatic carbocycles. The first-order valence-electron chi connectivity index (χ1n) is 40.9. The van der Waals surface area contributed by atoms with E-state index < -0.39 is 11.7 Å². The van der Waals surface area contributed by atoms with E-state index in [1.807, 2.05) is 84.4 Å². The smallest absolute Gasteiger partial charge is 0.266 e. The van der Waals surface area contributed by atoms with E-state index in [4.69, 9.17) is 16.3 Å². The molecule has 672 valence electrons. The van der Waals surface area contributed by atoms with Crippen LogP contribution in [0.4, 0.5) is 33.5 Å². The van der Waals surface area contributed by atoms with Crippen LogP contribution in [0, 0.1) is 75.1 Å². The van der Waals surface area contributed by atoms with Gasteiger partial charge in [0.15, 0.2) is 0 Å². The molecule has 0 saturated heterocycles. The molecule has 11 aromatic heterocycles. The van der Waals surface area contributed by atoms with E-state index in [0.29, 0.717) is 172 Å². The molecule has 10 N–H and O–H groups in total. The Hall–Kier alpha value is -15.3. The minimum Gasteiger partial charge on any atom is -0.496 e. The van der Waals surface area contributed by atoms with Crippen molar-refractivity contribution in [3.05, 3.63) is 319 Å². The van der Waals surface area contributed by atoms with Crippen molar-refractivity contribution < 1.29 is 33.1 Å². The van der Waals surface area contributed by atoms with Crippen molar-refractivity contribution in [2.75, 3.05) is 39.9 Å². The summed E-state index contributed by atoms with van der Waals surface area (Å²) >= 11 is 8.71. The lowest BCUT2D eigenvalue weighted by Crippen LogP contribution is -2.22. The van der Waals surface area contributed by atoms with Crippen LogP contribution >= 0.6 is 34.7 Å². The van der Waals surface area contributed by atoms with Gasteiger partial charge in [0.1, 0.15) is 40.7 Å². The van der Waals surface area contributed by atoms with Crippen LogP contribution in [0.3, 0.4) is 0 Å². The van der Waals surface area contributed by atoms with E-state index in [0.717, 1.165) is 4.90 Å². The predicted octanol–water partition coefficient (Wildman–Crippen LogP) is 13.5. The Morgan fingerprint density at radius 2 is 0.731 bits per heavy atom. The summed E-state index contributed by atoms with van der Waals surface area (Å²) in [5.74, 6) is 1.34. The number of carbonyl (C=O) groups excluding carboxylic acids is 5. The van der Waals surface area contributed by atoms with Crippen LogP contribution in [0.5, 0.6) is 5.75 Å². The molecule has 0 spiro atoms. The zero-order valence-corrected chi connectivity index (χ0v) is 76.6. The summed E-state index contributed by atoms with van der Waals surface area (Å²) in [5.41, 5.74) is 9.89. The van der Waals surface area contributed by atoms with Crippen molar-refractivity contribution in [3.63, 3.8) is 0 Å². The number of H-pyrrole nitrogens is 5. The van der Waals surface area contributed by atoms with Gasteiger partial charge in [-0.05, 0) is 180 Å². The zero-order chi connectivity index (χ0) is 94.1. The predicted molar refractivity (Wildman–Crippen MR) is 497 cm³/mol. The number of thiophene rings is 1. The number of amides is 5. The molecule has 40 heteroatoms. The molecule has 0 bridgehead atoms. The third-order valence-corrected chi connectivity index (χ3v) is 21.8. The van der Waals surface area contributed by atoms with Crippen molar-refractivity contribution in [2.24, 2.45) is 0 Å². The monoisotopic (exact) mass is 1820 g/mol. The number of nitrogens with zero attached hydrogens (tertiary/aromatic N) is 15. The lowest BCUT2D eigenvalue weighted by atomic mass is 10.2. The number of aryl methyl sites for hydroxylation is 10. The Balaban J connectivity index is 0.000000157. The van der Waals surface area contributed by atoms with Crippen LogP contribution < -0.4 is 59.1 Å². The highest BCUT2D eigenvalue weighted by molar-refractivity contribution is 7.98. The minimum atomic E-state index is -0.623. The summed E-state index contributed by atoms with van der Waals surface area (Å²) in [5, 5.41) is 37.9. The van der Waals surface area contributed by atoms with Crippen molar-refractivity contribution in [1.29, 1.82) is 0 Å². The Kier molecular flexibility index (Phi) is 31.4. The Bertz CT molecular complexity index is 6870. The molecule has 15 rings (SSSR count). The third kappa shape index (κ3) is 22.8. The second kappa shape index (κ2) is 42.8. The van der Waals surface area contributed by atoms with Gasteiger partial charge < -0.3 is 31.3 Å². The maximum absolute atomic E-state index is 13.8. The molecule has 130 heavy (non-hydrogen) atoms. The summed E-state index contributed by atoms with van der Waals surface area (Å²) in [6, 6.07) is 38.6. The highest BCUT2D eigenvalue weighted by Crippen LogP contribution is 2.27. The Morgan fingerprint density at radius 1 is 0.400 bits per heavy atom. The number of halogens is 2. The number of para-hydroxylation sites is 1. The number of aromatic amines is 5. The molecular formula is C90H95ClFN25O11S2. The first-order valence-corrected chi connectivity index (χ1v) is 43.4. The van der Waals surface area contributed by atoms with E-state index >= 15 is 0 Å². The van der Waals surface area contributed by atoms with Gasteiger partial charge >= 0.3 is 0 Å². The molecule has 0 aliphatic rings. The van der Waals surface area contributed by atoms with E-state index in [-0.39, 0.29) is 92.5 Å². The summed E-state index contributed by atoms with van der Waals surface area (Å²) < 4.78 is 26.1. The number of benzene rings is 4. The Labute approximate surface area is 756 Å². The lowest BCUT2D eigenvalue weighted by molar-refractivity contribution is 0.101. The van der Waals surface area contributed by atoms with Crippen molar-refractivity contribution in [2.45, 2.75) is 141 Å². The van der Waals surface area contributed by atoms with Gasteiger partial charge in [-0.15, -0.1) is 23.1 Å². The largest absolute Gasteiger partial charge is 0.496 e. The number of hydrogen-bond donors (Lipinski definition) is 10. The third-order valence-electron chi connectivity index (χ3n) is 19.9. The molecule has 0 aliphatic carbocycles. The number of aromatic nitrogens is 20. The number of thioether (sulfide) groups is 1. The number of rotatable bonds is 22. The first kappa shape index (κ1) is 95.4. The average Bonchev–Trinajstić information content (AvgIpc) is 1.62. The lowest BCUT2D eigenvalue weighted by Gasteiger charge is -2.11. The van der Waals surface area contributed by atoms with Crippen LogP contribution in [0.1, 0.15) is 170 Å². The fourth-order valence-electron chi connectivity index (χ4n) is 13.3. The second-order valence-electron chi connectivity index (χ2n) is 29.1. The minimum absolute atomic E-state index is 0.0862. The number of methoxy groups -OCH3 is 1. The normalized spacial score (nSPS) is 10.8. The van der Waals surface area contributed by atoms with Gasteiger partial charge in [0.05, 0.1) is 68.5 Å². The quantitative estimate of drug-likeness (QED) is 0.0282. The van der Waals surface area contributed by atoms with Crippen LogP contribution in [0.25, 0.3) is 29.7 Å². The average molecular weight is 1820 g/mol. The van der Waals surface area contributed by atoms with Gasteiger partial charge in [-0.1, -0.05) is 88.7 Å². The van der Waals surface area contributed by atoms with Crippen molar-refractivity contribution in [3.8, 4) is 35.5 Å².